The number of carbonyl (C=O) groups is 2. The zero-order chi connectivity index (χ0) is 20.9. The van der Waals surface area contributed by atoms with E-state index in [-0.39, 0.29) is 37.1 Å². The molecule has 2 aliphatic rings. The van der Waals surface area contributed by atoms with E-state index >= 15 is 0 Å². The van der Waals surface area contributed by atoms with Gasteiger partial charge in [0.25, 0.3) is 0 Å². The highest BCUT2D eigenvalue weighted by atomic mass is 16.7. The maximum atomic E-state index is 12.5. The Morgan fingerprint density at radius 3 is 2.73 bits per heavy atom. The third-order valence-corrected chi connectivity index (χ3v) is 5.46. The van der Waals surface area contributed by atoms with E-state index in [0.29, 0.717) is 25.1 Å². The minimum absolute atomic E-state index is 0.0165. The standard InChI is InChI=1S/C21H24N4O5/c26-19(12-25-9-1-8-22-21(25)28)24-16-5-3-15(4-6-16)20(27)23-11-14-2-7-17-18(10-14)30-13-29-17/h1-2,7-10,15-16H,3-6,11-13H2,(H,23,27)(H,24,26). The SMILES string of the molecule is O=C(Cn1cccnc1=O)NC1CCC(C(=O)NCc2ccc3c(c2)OCO3)CC1. The number of rotatable bonds is 6. The predicted molar refractivity (Wildman–Crippen MR) is 107 cm³/mol. The normalized spacial score (nSPS) is 19.9. The summed E-state index contributed by atoms with van der Waals surface area (Å²) >= 11 is 0. The highest BCUT2D eigenvalue weighted by molar-refractivity contribution is 5.79. The van der Waals surface area contributed by atoms with Crippen molar-refractivity contribution in [3.8, 4) is 11.5 Å². The van der Waals surface area contributed by atoms with Crippen LogP contribution in [0.5, 0.6) is 11.5 Å². The molecule has 1 fully saturated rings. The topological polar surface area (TPSA) is 112 Å². The van der Waals surface area contributed by atoms with E-state index in [1.54, 1.807) is 6.07 Å². The van der Waals surface area contributed by atoms with Crippen molar-refractivity contribution in [1.29, 1.82) is 0 Å². The minimum atomic E-state index is -0.449. The second-order valence-corrected chi connectivity index (χ2v) is 7.55. The van der Waals surface area contributed by atoms with Crippen LogP contribution in [0.25, 0.3) is 0 Å². The maximum Gasteiger partial charge on any atom is 0.347 e. The average Bonchev–Trinajstić information content (AvgIpc) is 3.22. The zero-order valence-electron chi connectivity index (χ0n) is 16.5. The summed E-state index contributed by atoms with van der Waals surface area (Å²) in [4.78, 5) is 39.9. The first kappa shape index (κ1) is 19.9. The van der Waals surface area contributed by atoms with E-state index in [0.717, 1.165) is 24.2 Å². The van der Waals surface area contributed by atoms with Crippen molar-refractivity contribution in [1.82, 2.24) is 20.2 Å². The lowest BCUT2D eigenvalue weighted by molar-refractivity contribution is -0.126. The Hall–Kier alpha value is -3.36. The number of amides is 2. The van der Waals surface area contributed by atoms with Gasteiger partial charge in [0.05, 0.1) is 0 Å². The number of aromatic nitrogens is 2. The van der Waals surface area contributed by atoms with Crippen LogP contribution in [0.2, 0.25) is 0 Å². The van der Waals surface area contributed by atoms with E-state index in [9.17, 15) is 14.4 Å². The molecule has 2 aromatic rings. The lowest BCUT2D eigenvalue weighted by Crippen LogP contribution is -2.42. The van der Waals surface area contributed by atoms with Crippen LogP contribution in [-0.4, -0.2) is 34.2 Å². The van der Waals surface area contributed by atoms with Crippen LogP contribution in [0.4, 0.5) is 0 Å². The number of ether oxygens (including phenoxy) is 2. The molecule has 2 heterocycles. The second-order valence-electron chi connectivity index (χ2n) is 7.55. The number of benzene rings is 1. The zero-order valence-corrected chi connectivity index (χ0v) is 16.5. The van der Waals surface area contributed by atoms with Gasteiger partial charge in [-0.3, -0.25) is 14.2 Å². The van der Waals surface area contributed by atoms with E-state index in [1.165, 1.54) is 17.0 Å². The van der Waals surface area contributed by atoms with Crippen molar-refractivity contribution in [2.45, 2.75) is 44.8 Å². The summed E-state index contributed by atoms with van der Waals surface area (Å²) in [5.74, 6) is 1.17. The molecule has 0 saturated heterocycles. The lowest BCUT2D eigenvalue weighted by Gasteiger charge is -2.28. The summed E-state index contributed by atoms with van der Waals surface area (Å²) in [6.07, 6.45) is 5.83. The lowest BCUT2D eigenvalue weighted by atomic mass is 9.85. The van der Waals surface area contributed by atoms with E-state index in [1.807, 2.05) is 18.2 Å². The van der Waals surface area contributed by atoms with Gasteiger partial charge >= 0.3 is 5.69 Å². The Kier molecular flexibility index (Phi) is 5.97. The molecule has 0 bridgehead atoms. The molecule has 0 spiro atoms. The first-order valence-corrected chi connectivity index (χ1v) is 10.1. The molecule has 158 valence electrons. The molecule has 1 aliphatic carbocycles. The van der Waals surface area contributed by atoms with Crippen molar-refractivity contribution in [2.75, 3.05) is 6.79 Å². The first-order valence-electron chi connectivity index (χ1n) is 10.1. The largest absolute Gasteiger partial charge is 0.454 e. The van der Waals surface area contributed by atoms with Gasteiger partial charge in [-0.25, -0.2) is 9.78 Å². The Morgan fingerprint density at radius 2 is 1.93 bits per heavy atom. The molecule has 9 heteroatoms. The molecule has 30 heavy (non-hydrogen) atoms. The van der Waals surface area contributed by atoms with Crippen LogP contribution in [0.3, 0.4) is 0 Å². The number of nitrogens with one attached hydrogen (secondary N) is 2. The predicted octanol–water partition coefficient (Wildman–Crippen LogP) is 0.963. The Morgan fingerprint density at radius 1 is 1.13 bits per heavy atom. The van der Waals surface area contributed by atoms with Crippen LogP contribution in [0.1, 0.15) is 31.2 Å². The number of hydrogen-bond donors (Lipinski definition) is 2. The number of hydrogen-bond acceptors (Lipinski definition) is 6. The molecular formula is C21H24N4O5. The first-order chi connectivity index (χ1) is 14.6. The highest BCUT2D eigenvalue weighted by Crippen LogP contribution is 2.32. The summed E-state index contributed by atoms with van der Waals surface area (Å²) in [7, 11) is 0. The minimum Gasteiger partial charge on any atom is -0.454 e. The molecule has 1 aromatic carbocycles. The van der Waals surface area contributed by atoms with Gasteiger partial charge in [0.2, 0.25) is 18.6 Å². The van der Waals surface area contributed by atoms with E-state index in [4.69, 9.17) is 9.47 Å². The van der Waals surface area contributed by atoms with Crippen molar-refractivity contribution >= 4 is 11.8 Å². The van der Waals surface area contributed by atoms with Gasteiger partial charge in [-0.05, 0) is 49.4 Å². The molecule has 2 N–H and O–H groups in total. The summed E-state index contributed by atoms with van der Waals surface area (Å²) in [6.45, 7) is 0.610. The van der Waals surface area contributed by atoms with Crippen LogP contribution in [-0.2, 0) is 22.7 Å². The van der Waals surface area contributed by atoms with Gasteiger partial charge in [-0.2, -0.15) is 0 Å². The van der Waals surface area contributed by atoms with Gasteiger partial charge < -0.3 is 20.1 Å². The van der Waals surface area contributed by atoms with Gasteiger partial charge in [0.15, 0.2) is 11.5 Å². The van der Waals surface area contributed by atoms with Crippen molar-refractivity contribution in [2.24, 2.45) is 5.92 Å². The van der Waals surface area contributed by atoms with Crippen LogP contribution in [0.15, 0.2) is 41.5 Å². The van der Waals surface area contributed by atoms with Crippen LogP contribution >= 0.6 is 0 Å². The highest BCUT2D eigenvalue weighted by Gasteiger charge is 2.27. The third-order valence-electron chi connectivity index (χ3n) is 5.46. The monoisotopic (exact) mass is 412 g/mol. The van der Waals surface area contributed by atoms with Crippen molar-refractivity contribution in [3.05, 3.63) is 52.7 Å². The third kappa shape index (κ3) is 4.79. The fourth-order valence-corrected chi connectivity index (χ4v) is 3.82. The second kappa shape index (κ2) is 8.98. The van der Waals surface area contributed by atoms with Crippen molar-refractivity contribution < 1.29 is 19.1 Å². The molecule has 2 amide bonds. The smallest absolute Gasteiger partial charge is 0.347 e. The van der Waals surface area contributed by atoms with Crippen LogP contribution in [0, 0.1) is 5.92 Å². The maximum absolute atomic E-state index is 12.5. The fraction of sp³-hybridized carbons (Fsp3) is 0.429. The molecule has 1 aromatic heterocycles. The molecule has 0 atom stereocenters. The Balaban J connectivity index is 1.20. The number of fused-ring (bicyclic) bond motifs is 1. The fourth-order valence-electron chi connectivity index (χ4n) is 3.82. The molecule has 1 aliphatic heterocycles. The molecule has 1 saturated carbocycles. The molecule has 0 radical (unpaired) electrons. The summed E-state index contributed by atoms with van der Waals surface area (Å²) < 4.78 is 11.9. The van der Waals surface area contributed by atoms with Crippen LogP contribution < -0.4 is 25.8 Å². The summed E-state index contributed by atoms with van der Waals surface area (Å²) in [5, 5.41) is 5.94. The summed E-state index contributed by atoms with van der Waals surface area (Å²) in [5.41, 5.74) is 0.509. The van der Waals surface area contributed by atoms with Gasteiger partial charge in [0, 0.05) is 30.9 Å². The molecule has 0 unspecified atom stereocenters. The molecule has 4 rings (SSSR count). The van der Waals surface area contributed by atoms with Gasteiger partial charge in [-0.15, -0.1) is 0 Å². The van der Waals surface area contributed by atoms with E-state index in [2.05, 4.69) is 15.6 Å². The quantitative estimate of drug-likeness (QED) is 0.731. The Labute approximate surface area is 173 Å². The van der Waals surface area contributed by atoms with E-state index < -0.39 is 5.69 Å². The van der Waals surface area contributed by atoms with Crippen molar-refractivity contribution in [3.63, 3.8) is 0 Å². The Bertz CT molecular complexity index is 981. The average molecular weight is 412 g/mol. The molecular weight excluding hydrogens is 388 g/mol. The van der Waals surface area contributed by atoms with Gasteiger partial charge in [0.1, 0.15) is 6.54 Å². The number of carbonyl (C=O) groups excluding carboxylic acids is 2. The number of nitrogens with zero attached hydrogens (tertiary/aromatic N) is 2. The molecule has 9 nitrogen and oxygen atoms in total. The summed E-state index contributed by atoms with van der Waals surface area (Å²) in [6, 6.07) is 7.26. The van der Waals surface area contributed by atoms with Gasteiger partial charge in [-0.1, -0.05) is 6.07 Å².